The first-order valence-corrected chi connectivity index (χ1v) is 7.44. The van der Waals surface area contributed by atoms with E-state index in [4.69, 9.17) is 5.11 Å². The Bertz CT molecular complexity index is 355. The van der Waals surface area contributed by atoms with Gasteiger partial charge >= 0.3 is 5.97 Å². The van der Waals surface area contributed by atoms with Gasteiger partial charge in [-0.1, -0.05) is 6.42 Å². The average molecular weight is 264 g/mol. The molecule has 1 aliphatic rings. The van der Waals surface area contributed by atoms with Crippen LogP contribution >= 0.6 is 0 Å². The standard InChI is InChI=1S/C10H20N2O4S/c1-11-6-5-9-4-2-3-7-12(9)17(15,16)8-10(13)14/h9,11H,2-8H2,1H3,(H,13,14). The molecule has 1 atom stereocenters. The second kappa shape index (κ2) is 6.32. The zero-order valence-corrected chi connectivity index (χ0v) is 10.9. The molecule has 1 saturated heterocycles. The zero-order valence-electron chi connectivity index (χ0n) is 10.1. The molecule has 0 radical (unpaired) electrons. The quantitative estimate of drug-likeness (QED) is 0.697. The topological polar surface area (TPSA) is 86.7 Å². The van der Waals surface area contributed by atoms with E-state index in [0.717, 1.165) is 32.2 Å². The number of hydrogen-bond acceptors (Lipinski definition) is 4. The summed E-state index contributed by atoms with van der Waals surface area (Å²) >= 11 is 0. The normalized spacial score (nSPS) is 22.5. The smallest absolute Gasteiger partial charge is 0.320 e. The second-order valence-corrected chi connectivity index (χ2v) is 6.22. The maximum atomic E-state index is 11.9. The van der Waals surface area contributed by atoms with E-state index in [0.29, 0.717) is 6.54 Å². The van der Waals surface area contributed by atoms with E-state index in [1.807, 2.05) is 7.05 Å². The van der Waals surface area contributed by atoms with Crippen LogP contribution in [0.25, 0.3) is 0 Å². The van der Waals surface area contributed by atoms with Gasteiger partial charge in [0, 0.05) is 12.6 Å². The van der Waals surface area contributed by atoms with Gasteiger partial charge in [0.05, 0.1) is 0 Å². The molecule has 17 heavy (non-hydrogen) atoms. The van der Waals surface area contributed by atoms with Crippen molar-refractivity contribution in [2.75, 3.05) is 25.9 Å². The minimum Gasteiger partial charge on any atom is -0.480 e. The number of carbonyl (C=O) groups is 1. The van der Waals surface area contributed by atoms with Crippen LogP contribution in [-0.2, 0) is 14.8 Å². The monoisotopic (exact) mass is 264 g/mol. The van der Waals surface area contributed by atoms with E-state index in [2.05, 4.69) is 5.32 Å². The van der Waals surface area contributed by atoms with Crippen LogP contribution in [0.15, 0.2) is 0 Å². The van der Waals surface area contributed by atoms with Gasteiger partial charge in [-0.2, -0.15) is 4.31 Å². The molecule has 0 bridgehead atoms. The summed E-state index contributed by atoms with van der Waals surface area (Å²) in [6, 6.07) is -0.0550. The Kier molecular flexibility index (Phi) is 5.35. The molecule has 6 nitrogen and oxygen atoms in total. The van der Waals surface area contributed by atoms with Crippen LogP contribution in [0.2, 0.25) is 0 Å². The third-order valence-corrected chi connectivity index (χ3v) is 4.77. The molecular weight excluding hydrogens is 244 g/mol. The van der Waals surface area contributed by atoms with Gasteiger partial charge in [-0.15, -0.1) is 0 Å². The molecule has 100 valence electrons. The Morgan fingerprint density at radius 2 is 2.18 bits per heavy atom. The second-order valence-electron chi connectivity index (χ2n) is 4.30. The summed E-state index contributed by atoms with van der Waals surface area (Å²) in [4.78, 5) is 10.6. The molecular formula is C10H20N2O4S. The number of piperidine rings is 1. The van der Waals surface area contributed by atoms with Crippen molar-refractivity contribution in [3.05, 3.63) is 0 Å². The summed E-state index contributed by atoms with van der Waals surface area (Å²) in [6.45, 7) is 1.19. The van der Waals surface area contributed by atoms with E-state index in [9.17, 15) is 13.2 Å². The fourth-order valence-corrected chi connectivity index (χ4v) is 3.73. The van der Waals surface area contributed by atoms with Gasteiger partial charge in [0.1, 0.15) is 0 Å². The van der Waals surface area contributed by atoms with Gasteiger partial charge in [-0.05, 0) is 32.9 Å². The van der Waals surface area contributed by atoms with E-state index in [1.165, 1.54) is 4.31 Å². The van der Waals surface area contributed by atoms with E-state index in [-0.39, 0.29) is 6.04 Å². The van der Waals surface area contributed by atoms with Gasteiger partial charge in [0.2, 0.25) is 10.0 Å². The van der Waals surface area contributed by atoms with E-state index < -0.39 is 21.7 Å². The van der Waals surface area contributed by atoms with Crippen molar-refractivity contribution in [1.29, 1.82) is 0 Å². The first kappa shape index (κ1) is 14.4. The van der Waals surface area contributed by atoms with Gasteiger partial charge in [-0.25, -0.2) is 8.42 Å². The highest BCUT2D eigenvalue weighted by atomic mass is 32.2. The lowest BCUT2D eigenvalue weighted by atomic mass is 10.0. The number of hydrogen-bond donors (Lipinski definition) is 2. The van der Waals surface area contributed by atoms with Crippen molar-refractivity contribution in [1.82, 2.24) is 9.62 Å². The number of sulfonamides is 1. The van der Waals surface area contributed by atoms with Gasteiger partial charge in [0.25, 0.3) is 0 Å². The summed E-state index contributed by atoms with van der Waals surface area (Å²) in [7, 11) is -1.84. The molecule has 0 aromatic heterocycles. The minimum absolute atomic E-state index is 0.0550. The molecule has 0 saturated carbocycles. The van der Waals surface area contributed by atoms with Gasteiger partial charge < -0.3 is 10.4 Å². The van der Waals surface area contributed by atoms with Crippen molar-refractivity contribution in [2.45, 2.75) is 31.7 Å². The summed E-state index contributed by atoms with van der Waals surface area (Å²) in [6.07, 6.45) is 3.37. The Labute approximate surface area is 102 Å². The van der Waals surface area contributed by atoms with Crippen LogP contribution in [-0.4, -0.2) is 55.7 Å². The van der Waals surface area contributed by atoms with Crippen LogP contribution in [0.1, 0.15) is 25.7 Å². The maximum Gasteiger partial charge on any atom is 0.320 e. The van der Waals surface area contributed by atoms with Crippen LogP contribution in [0.5, 0.6) is 0 Å². The summed E-state index contributed by atoms with van der Waals surface area (Å²) in [5.74, 6) is -2.09. The molecule has 1 heterocycles. The summed E-state index contributed by atoms with van der Waals surface area (Å²) in [5.41, 5.74) is 0. The molecule has 1 rings (SSSR count). The van der Waals surface area contributed by atoms with Crippen LogP contribution in [0.3, 0.4) is 0 Å². The van der Waals surface area contributed by atoms with E-state index >= 15 is 0 Å². The molecule has 7 heteroatoms. The Morgan fingerprint density at radius 1 is 1.47 bits per heavy atom. The third kappa shape index (κ3) is 4.25. The van der Waals surface area contributed by atoms with Gasteiger partial charge in [-0.3, -0.25) is 4.79 Å². The molecule has 2 N–H and O–H groups in total. The predicted octanol–water partition coefficient (Wildman–Crippen LogP) is -0.135. The zero-order chi connectivity index (χ0) is 12.9. The number of nitrogens with one attached hydrogen (secondary N) is 1. The van der Waals surface area contributed by atoms with Crippen molar-refractivity contribution in [3.8, 4) is 0 Å². The van der Waals surface area contributed by atoms with Crippen LogP contribution in [0.4, 0.5) is 0 Å². The highest BCUT2D eigenvalue weighted by molar-refractivity contribution is 7.89. The highest BCUT2D eigenvalue weighted by Crippen LogP contribution is 2.22. The molecule has 1 fully saturated rings. The van der Waals surface area contributed by atoms with Crippen molar-refractivity contribution >= 4 is 16.0 Å². The molecule has 0 amide bonds. The van der Waals surface area contributed by atoms with Crippen molar-refractivity contribution < 1.29 is 18.3 Å². The first-order chi connectivity index (χ1) is 7.97. The Morgan fingerprint density at radius 3 is 2.76 bits per heavy atom. The fraction of sp³-hybridized carbons (Fsp3) is 0.900. The van der Waals surface area contributed by atoms with Crippen molar-refractivity contribution in [3.63, 3.8) is 0 Å². The molecule has 0 aromatic rings. The van der Waals surface area contributed by atoms with Crippen LogP contribution in [0, 0.1) is 0 Å². The Balaban J connectivity index is 2.72. The highest BCUT2D eigenvalue weighted by Gasteiger charge is 2.33. The lowest BCUT2D eigenvalue weighted by Crippen LogP contribution is -2.46. The number of carboxylic acid groups (broad SMARTS) is 1. The predicted molar refractivity (Wildman–Crippen MR) is 64.3 cm³/mol. The van der Waals surface area contributed by atoms with Crippen molar-refractivity contribution in [2.24, 2.45) is 0 Å². The largest absolute Gasteiger partial charge is 0.480 e. The number of rotatable bonds is 6. The number of nitrogens with zero attached hydrogens (tertiary/aromatic N) is 1. The molecule has 1 unspecified atom stereocenters. The van der Waals surface area contributed by atoms with Gasteiger partial charge in [0.15, 0.2) is 5.75 Å². The maximum absolute atomic E-state index is 11.9. The van der Waals surface area contributed by atoms with Crippen LogP contribution < -0.4 is 5.32 Å². The lowest BCUT2D eigenvalue weighted by molar-refractivity contribution is -0.134. The molecule has 0 spiro atoms. The summed E-state index contributed by atoms with van der Waals surface area (Å²) in [5, 5.41) is 11.6. The molecule has 0 aromatic carbocycles. The Hall–Kier alpha value is -0.660. The minimum atomic E-state index is -3.66. The first-order valence-electron chi connectivity index (χ1n) is 5.83. The number of carboxylic acids is 1. The van der Waals surface area contributed by atoms with E-state index in [1.54, 1.807) is 0 Å². The number of aliphatic carboxylic acids is 1. The lowest BCUT2D eigenvalue weighted by Gasteiger charge is -2.34. The SMILES string of the molecule is CNCCC1CCCCN1S(=O)(=O)CC(=O)O. The summed E-state index contributed by atoms with van der Waals surface area (Å²) < 4.78 is 25.2. The average Bonchev–Trinajstić information content (AvgIpc) is 2.25. The molecule has 0 aliphatic carbocycles. The fourth-order valence-electron chi connectivity index (χ4n) is 2.18. The molecule has 1 aliphatic heterocycles. The third-order valence-electron chi connectivity index (χ3n) is 2.96.